The summed E-state index contributed by atoms with van der Waals surface area (Å²) in [6, 6.07) is 5.26. The molecule has 0 radical (unpaired) electrons. The molecule has 0 atom stereocenters. The molecular formula is C17H28FNO. The van der Waals surface area contributed by atoms with Gasteiger partial charge in [0, 0.05) is 18.7 Å². The summed E-state index contributed by atoms with van der Waals surface area (Å²) in [5, 5.41) is 3.32. The van der Waals surface area contributed by atoms with Crippen LogP contribution in [-0.4, -0.2) is 13.2 Å². The van der Waals surface area contributed by atoms with Gasteiger partial charge in [-0.05, 0) is 42.5 Å². The van der Waals surface area contributed by atoms with Crippen molar-refractivity contribution in [3.8, 4) is 0 Å². The molecule has 1 rings (SSSR count). The van der Waals surface area contributed by atoms with Crippen LogP contribution in [0.2, 0.25) is 0 Å². The molecule has 1 aromatic carbocycles. The molecule has 0 fully saturated rings. The van der Waals surface area contributed by atoms with E-state index in [1.807, 2.05) is 12.1 Å². The average molecular weight is 281 g/mol. The first-order valence-electron chi connectivity index (χ1n) is 7.48. The molecule has 0 unspecified atom stereocenters. The van der Waals surface area contributed by atoms with E-state index in [0.717, 1.165) is 31.5 Å². The Hall–Kier alpha value is -0.930. The lowest BCUT2D eigenvalue weighted by molar-refractivity contribution is 0.0943. The van der Waals surface area contributed by atoms with Crippen LogP contribution in [0, 0.1) is 11.2 Å². The molecule has 0 spiro atoms. The molecule has 0 saturated heterocycles. The molecule has 0 aliphatic rings. The Bertz CT molecular complexity index is 398. The minimum absolute atomic E-state index is 0.181. The summed E-state index contributed by atoms with van der Waals surface area (Å²) in [4.78, 5) is 0. The molecule has 20 heavy (non-hydrogen) atoms. The fourth-order valence-electron chi connectivity index (χ4n) is 1.82. The molecule has 1 N–H and O–H groups in total. The minimum Gasteiger partial charge on any atom is -0.377 e. The van der Waals surface area contributed by atoms with Gasteiger partial charge in [-0.2, -0.15) is 0 Å². The van der Waals surface area contributed by atoms with Crippen LogP contribution < -0.4 is 5.32 Å². The Kier molecular flexibility index (Phi) is 7.17. The standard InChI is InChI=1S/C17H28FNO/c1-5-9-19-12-14-6-7-16(18)15(11-14)13-20-10-8-17(2,3)4/h6-7,11,19H,5,8-10,12-13H2,1-4H3. The third-order valence-electron chi connectivity index (χ3n) is 3.12. The zero-order valence-corrected chi connectivity index (χ0v) is 13.3. The van der Waals surface area contributed by atoms with Crippen molar-refractivity contribution in [3.63, 3.8) is 0 Å². The molecular weight excluding hydrogens is 253 g/mol. The van der Waals surface area contributed by atoms with Crippen LogP contribution in [0.1, 0.15) is 51.7 Å². The van der Waals surface area contributed by atoms with E-state index in [9.17, 15) is 4.39 Å². The molecule has 114 valence electrons. The van der Waals surface area contributed by atoms with Gasteiger partial charge in [0.1, 0.15) is 5.82 Å². The maximum Gasteiger partial charge on any atom is 0.128 e. The molecule has 3 heteroatoms. The van der Waals surface area contributed by atoms with Crippen molar-refractivity contribution in [2.45, 2.75) is 53.7 Å². The Labute approximate surface area is 122 Å². The van der Waals surface area contributed by atoms with Gasteiger partial charge < -0.3 is 10.1 Å². The van der Waals surface area contributed by atoms with Crippen molar-refractivity contribution in [1.29, 1.82) is 0 Å². The molecule has 0 bridgehead atoms. The Balaban J connectivity index is 2.45. The number of rotatable bonds is 8. The predicted molar refractivity (Wildman–Crippen MR) is 82.1 cm³/mol. The summed E-state index contributed by atoms with van der Waals surface area (Å²) >= 11 is 0. The maximum absolute atomic E-state index is 13.7. The highest BCUT2D eigenvalue weighted by molar-refractivity contribution is 5.24. The molecule has 0 saturated carbocycles. The van der Waals surface area contributed by atoms with Crippen molar-refractivity contribution >= 4 is 0 Å². The molecule has 0 amide bonds. The van der Waals surface area contributed by atoms with Crippen molar-refractivity contribution in [2.75, 3.05) is 13.2 Å². The van der Waals surface area contributed by atoms with E-state index in [-0.39, 0.29) is 11.2 Å². The normalized spacial score (nSPS) is 11.8. The van der Waals surface area contributed by atoms with Gasteiger partial charge in [0.05, 0.1) is 6.61 Å². The van der Waals surface area contributed by atoms with Crippen LogP contribution in [-0.2, 0) is 17.9 Å². The largest absolute Gasteiger partial charge is 0.377 e. The number of hydrogen-bond donors (Lipinski definition) is 1. The van der Waals surface area contributed by atoms with E-state index in [1.54, 1.807) is 0 Å². The van der Waals surface area contributed by atoms with Gasteiger partial charge in [0.2, 0.25) is 0 Å². The van der Waals surface area contributed by atoms with Crippen LogP contribution in [0.15, 0.2) is 18.2 Å². The van der Waals surface area contributed by atoms with Gasteiger partial charge in [0.15, 0.2) is 0 Å². The maximum atomic E-state index is 13.7. The monoisotopic (exact) mass is 281 g/mol. The number of benzene rings is 1. The van der Waals surface area contributed by atoms with Crippen LogP contribution >= 0.6 is 0 Å². The van der Waals surface area contributed by atoms with E-state index in [1.165, 1.54) is 6.07 Å². The predicted octanol–water partition coefficient (Wildman–Crippen LogP) is 4.28. The van der Waals surface area contributed by atoms with Crippen molar-refractivity contribution in [3.05, 3.63) is 35.1 Å². The summed E-state index contributed by atoms with van der Waals surface area (Å²) in [6.07, 6.45) is 2.08. The van der Waals surface area contributed by atoms with Crippen molar-refractivity contribution < 1.29 is 9.13 Å². The summed E-state index contributed by atoms with van der Waals surface area (Å²) in [5.74, 6) is -0.181. The molecule has 2 nitrogen and oxygen atoms in total. The highest BCUT2D eigenvalue weighted by Crippen LogP contribution is 2.19. The van der Waals surface area contributed by atoms with E-state index in [0.29, 0.717) is 18.8 Å². The van der Waals surface area contributed by atoms with Gasteiger partial charge in [-0.3, -0.25) is 0 Å². The zero-order valence-electron chi connectivity index (χ0n) is 13.3. The second-order valence-electron chi connectivity index (χ2n) is 6.47. The van der Waals surface area contributed by atoms with Crippen LogP contribution in [0.3, 0.4) is 0 Å². The van der Waals surface area contributed by atoms with E-state index in [4.69, 9.17) is 4.74 Å². The third kappa shape index (κ3) is 7.01. The first-order valence-corrected chi connectivity index (χ1v) is 7.48. The molecule has 0 aliphatic heterocycles. The smallest absolute Gasteiger partial charge is 0.128 e. The van der Waals surface area contributed by atoms with Crippen LogP contribution in [0.25, 0.3) is 0 Å². The van der Waals surface area contributed by atoms with Gasteiger partial charge in [-0.1, -0.05) is 33.8 Å². The Morgan fingerprint density at radius 3 is 2.65 bits per heavy atom. The van der Waals surface area contributed by atoms with Gasteiger partial charge >= 0.3 is 0 Å². The van der Waals surface area contributed by atoms with Crippen molar-refractivity contribution in [1.82, 2.24) is 5.32 Å². The van der Waals surface area contributed by atoms with Crippen LogP contribution in [0.4, 0.5) is 4.39 Å². The lowest BCUT2D eigenvalue weighted by Gasteiger charge is -2.17. The van der Waals surface area contributed by atoms with Crippen LogP contribution in [0.5, 0.6) is 0 Å². The lowest BCUT2D eigenvalue weighted by Crippen LogP contribution is -2.14. The minimum atomic E-state index is -0.181. The molecule has 0 aromatic heterocycles. The second-order valence-corrected chi connectivity index (χ2v) is 6.47. The van der Waals surface area contributed by atoms with E-state index in [2.05, 4.69) is 33.0 Å². The highest BCUT2D eigenvalue weighted by atomic mass is 19.1. The fraction of sp³-hybridized carbons (Fsp3) is 0.647. The third-order valence-corrected chi connectivity index (χ3v) is 3.12. The number of hydrogen-bond acceptors (Lipinski definition) is 2. The zero-order chi connectivity index (χ0) is 15.0. The first kappa shape index (κ1) is 17.1. The number of ether oxygens (including phenoxy) is 1. The summed E-state index contributed by atoms with van der Waals surface area (Å²) in [7, 11) is 0. The number of nitrogens with one attached hydrogen (secondary N) is 1. The fourth-order valence-corrected chi connectivity index (χ4v) is 1.82. The summed E-state index contributed by atoms with van der Waals surface area (Å²) in [6.45, 7) is 11.4. The Morgan fingerprint density at radius 2 is 2.00 bits per heavy atom. The average Bonchev–Trinajstić information content (AvgIpc) is 2.37. The van der Waals surface area contributed by atoms with E-state index >= 15 is 0 Å². The Morgan fingerprint density at radius 1 is 1.25 bits per heavy atom. The topological polar surface area (TPSA) is 21.3 Å². The molecule has 0 aliphatic carbocycles. The van der Waals surface area contributed by atoms with Crippen molar-refractivity contribution in [2.24, 2.45) is 5.41 Å². The molecule has 0 heterocycles. The second kappa shape index (κ2) is 8.38. The summed E-state index contributed by atoms with van der Waals surface area (Å²) < 4.78 is 19.3. The quantitative estimate of drug-likeness (QED) is 0.718. The number of halogens is 1. The molecule has 1 aromatic rings. The van der Waals surface area contributed by atoms with Gasteiger partial charge in [-0.15, -0.1) is 0 Å². The van der Waals surface area contributed by atoms with Gasteiger partial charge in [-0.25, -0.2) is 4.39 Å². The highest BCUT2D eigenvalue weighted by Gasteiger charge is 2.10. The van der Waals surface area contributed by atoms with E-state index < -0.39 is 0 Å². The summed E-state index contributed by atoms with van der Waals surface area (Å²) in [5.41, 5.74) is 2.01. The first-order chi connectivity index (χ1) is 9.42. The SMILES string of the molecule is CCCNCc1ccc(F)c(COCCC(C)(C)C)c1. The lowest BCUT2D eigenvalue weighted by atomic mass is 9.93. The van der Waals surface area contributed by atoms with Gasteiger partial charge in [0.25, 0.3) is 0 Å².